The quantitative estimate of drug-likeness (QED) is 0.699. The van der Waals surface area contributed by atoms with E-state index in [1.165, 1.54) is 0 Å². The number of carbonyl (C=O) groups is 1. The molecule has 0 spiro atoms. The molecule has 0 aliphatic rings. The van der Waals surface area contributed by atoms with Crippen LogP contribution in [0, 0.1) is 0 Å². The Morgan fingerprint density at radius 1 is 1.11 bits per heavy atom. The summed E-state index contributed by atoms with van der Waals surface area (Å²) in [6.45, 7) is 0. The monoisotopic (exact) mass is 270 g/mol. The Morgan fingerprint density at radius 2 is 1.84 bits per heavy atom. The van der Waals surface area contributed by atoms with Gasteiger partial charge in [0.15, 0.2) is 0 Å². The lowest BCUT2D eigenvalue weighted by Gasteiger charge is -1.99. The second kappa shape index (κ2) is 4.44. The van der Waals surface area contributed by atoms with E-state index in [-0.39, 0.29) is 5.78 Å². The van der Waals surface area contributed by atoms with Crippen LogP contribution in [0.2, 0.25) is 5.02 Å². The van der Waals surface area contributed by atoms with E-state index in [9.17, 15) is 4.79 Å². The predicted octanol–water partition coefficient (Wildman–Crippen LogP) is 3.63. The second-order valence-electron chi connectivity index (χ2n) is 4.30. The molecule has 0 bridgehead atoms. The fourth-order valence-corrected chi connectivity index (χ4v) is 2.28. The largest absolute Gasteiger partial charge is 0.396 e. The van der Waals surface area contributed by atoms with Crippen molar-refractivity contribution in [3.8, 4) is 0 Å². The molecule has 0 saturated heterocycles. The standard InChI is InChI=1S/C15H11ClN2O/c16-10-6-7-11-12(8-10)18-14(13(11)17)15(19)9-4-2-1-3-5-9/h1-8,18H,17H2. The van der Waals surface area contributed by atoms with Gasteiger partial charge in [-0.05, 0) is 18.2 Å². The van der Waals surface area contributed by atoms with Crippen molar-refractivity contribution in [2.24, 2.45) is 0 Å². The summed E-state index contributed by atoms with van der Waals surface area (Å²) in [5.74, 6) is -0.120. The third-order valence-electron chi connectivity index (χ3n) is 3.06. The van der Waals surface area contributed by atoms with Gasteiger partial charge in [0.1, 0.15) is 5.69 Å². The van der Waals surface area contributed by atoms with E-state index < -0.39 is 0 Å². The summed E-state index contributed by atoms with van der Waals surface area (Å²) in [5.41, 5.74) is 8.27. The molecular weight excluding hydrogens is 260 g/mol. The molecule has 19 heavy (non-hydrogen) atoms. The Kier molecular flexibility index (Phi) is 2.76. The molecule has 3 aromatic rings. The van der Waals surface area contributed by atoms with Crippen molar-refractivity contribution in [3.05, 3.63) is 64.8 Å². The smallest absolute Gasteiger partial charge is 0.211 e. The maximum Gasteiger partial charge on any atom is 0.211 e. The Hall–Kier alpha value is -2.26. The van der Waals surface area contributed by atoms with Crippen LogP contribution >= 0.6 is 11.6 Å². The average molecular weight is 271 g/mol. The van der Waals surface area contributed by atoms with Gasteiger partial charge < -0.3 is 10.7 Å². The number of fused-ring (bicyclic) bond motifs is 1. The molecule has 4 heteroatoms. The van der Waals surface area contributed by atoms with E-state index in [4.69, 9.17) is 17.3 Å². The first kappa shape index (κ1) is 11.8. The van der Waals surface area contributed by atoms with Crippen LogP contribution in [-0.4, -0.2) is 10.8 Å². The van der Waals surface area contributed by atoms with Crippen molar-refractivity contribution in [3.63, 3.8) is 0 Å². The first-order valence-corrected chi connectivity index (χ1v) is 6.21. The molecule has 0 atom stereocenters. The van der Waals surface area contributed by atoms with Gasteiger partial charge in [0.05, 0.1) is 5.69 Å². The number of nitrogens with two attached hydrogens (primary N) is 1. The minimum absolute atomic E-state index is 0.120. The average Bonchev–Trinajstić information content (AvgIpc) is 2.75. The summed E-state index contributed by atoms with van der Waals surface area (Å²) >= 11 is 5.93. The number of nitrogens with one attached hydrogen (secondary N) is 1. The number of benzene rings is 2. The van der Waals surface area contributed by atoms with Gasteiger partial charge in [-0.3, -0.25) is 4.79 Å². The lowest BCUT2D eigenvalue weighted by molar-refractivity contribution is 0.103. The topological polar surface area (TPSA) is 58.9 Å². The Morgan fingerprint density at radius 3 is 2.58 bits per heavy atom. The number of rotatable bonds is 2. The van der Waals surface area contributed by atoms with Crippen molar-refractivity contribution in [1.82, 2.24) is 4.98 Å². The van der Waals surface area contributed by atoms with Crippen LogP contribution in [0.4, 0.5) is 5.69 Å². The number of H-pyrrole nitrogens is 1. The Balaban J connectivity index is 2.16. The molecule has 0 saturated carbocycles. The molecule has 0 fully saturated rings. The van der Waals surface area contributed by atoms with Crippen LogP contribution < -0.4 is 5.73 Å². The summed E-state index contributed by atoms with van der Waals surface area (Å²) in [6.07, 6.45) is 0. The van der Waals surface area contributed by atoms with E-state index in [1.807, 2.05) is 24.3 Å². The summed E-state index contributed by atoms with van der Waals surface area (Å²) in [6, 6.07) is 14.4. The van der Waals surface area contributed by atoms with E-state index in [0.29, 0.717) is 22.0 Å². The number of aromatic amines is 1. The molecule has 3 rings (SSSR count). The van der Waals surface area contributed by atoms with Gasteiger partial charge in [0.2, 0.25) is 5.78 Å². The first-order chi connectivity index (χ1) is 9.16. The summed E-state index contributed by atoms with van der Waals surface area (Å²) in [5, 5.41) is 1.41. The third-order valence-corrected chi connectivity index (χ3v) is 3.30. The molecule has 0 aliphatic carbocycles. The molecule has 94 valence electrons. The number of hydrogen-bond acceptors (Lipinski definition) is 2. The van der Waals surface area contributed by atoms with Crippen LogP contribution in [0.1, 0.15) is 16.1 Å². The number of carbonyl (C=O) groups excluding carboxylic acids is 1. The molecule has 0 unspecified atom stereocenters. The molecule has 0 radical (unpaired) electrons. The Bertz CT molecular complexity index is 762. The number of aromatic nitrogens is 1. The minimum Gasteiger partial charge on any atom is -0.396 e. The maximum absolute atomic E-state index is 12.4. The maximum atomic E-state index is 12.4. The van der Waals surface area contributed by atoms with Crippen LogP contribution in [0.15, 0.2) is 48.5 Å². The van der Waals surface area contributed by atoms with E-state index in [0.717, 1.165) is 10.9 Å². The highest BCUT2D eigenvalue weighted by molar-refractivity contribution is 6.31. The van der Waals surface area contributed by atoms with Gasteiger partial charge in [-0.1, -0.05) is 41.9 Å². The van der Waals surface area contributed by atoms with Gasteiger partial charge in [0.25, 0.3) is 0 Å². The fraction of sp³-hybridized carbons (Fsp3) is 0. The van der Waals surface area contributed by atoms with Gasteiger partial charge in [-0.15, -0.1) is 0 Å². The first-order valence-electron chi connectivity index (χ1n) is 5.83. The second-order valence-corrected chi connectivity index (χ2v) is 4.74. The van der Waals surface area contributed by atoms with Crippen molar-refractivity contribution >= 4 is 34.0 Å². The van der Waals surface area contributed by atoms with Crippen molar-refractivity contribution < 1.29 is 4.79 Å². The molecule has 2 aromatic carbocycles. The zero-order chi connectivity index (χ0) is 13.4. The van der Waals surface area contributed by atoms with Gasteiger partial charge in [-0.2, -0.15) is 0 Å². The third kappa shape index (κ3) is 1.98. The van der Waals surface area contributed by atoms with Crippen molar-refractivity contribution in [1.29, 1.82) is 0 Å². The zero-order valence-corrected chi connectivity index (χ0v) is 10.7. The molecular formula is C15H11ClN2O. The van der Waals surface area contributed by atoms with Gasteiger partial charge in [0, 0.05) is 21.5 Å². The SMILES string of the molecule is Nc1c(C(=O)c2ccccc2)[nH]c2cc(Cl)ccc12. The molecule has 0 amide bonds. The number of anilines is 1. The van der Waals surface area contributed by atoms with Crippen LogP contribution in [0.5, 0.6) is 0 Å². The predicted molar refractivity (Wildman–Crippen MR) is 77.6 cm³/mol. The summed E-state index contributed by atoms with van der Waals surface area (Å²) in [7, 11) is 0. The van der Waals surface area contributed by atoms with Crippen molar-refractivity contribution in [2.75, 3.05) is 5.73 Å². The van der Waals surface area contributed by atoms with E-state index in [2.05, 4.69) is 4.98 Å². The summed E-state index contributed by atoms with van der Waals surface area (Å²) in [4.78, 5) is 15.4. The molecule has 0 aliphatic heterocycles. The highest BCUT2D eigenvalue weighted by Crippen LogP contribution is 2.28. The Labute approximate surface area is 115 Å². The van der Waals surface area contributed by atoms with Crippen LogP contribution in [0.3, 0.4) is 0 Å². The molecule has 3 N–H and O–H groups in total. The minimum atomic E-state index is -0.120. The lowest BCUT2D eigenvalue weighted by atomic mass is 10.1. The molecule has 1 heterocycles. The zero-order valence-electron chi connectivity index (χ0n) is 9.98. The lowest BCUT2D eigenvalue weighted by Crippen LogP contribution is -2.04. The summed E-state index contributed by atoms with van der Waals surface area (Å²) < 4.78 is 0. The van der Waals surface area contributed by atoms with Crippen LogP contribution in [0.25, 0.3) is 10.9 Å². The van der Waals surface area contributed by atoms with Crippen molar-refractivity contribution in [2.45, 2.75) is 0 Å². The van der Waals surface area contributed by atoms with Gasteiger partial charge >= 0.3 is 0 Å². The van der Waals surface area contributed by atoms with Crippen LogP contribution in [-0.2, 0) is 0 Å². The highest BCUT2D eigenvalue weighted by atomic mass is 35.5. The van der Waals surface area contributed by atoms with Gasteiger partial charge in [-0.25, -0.2) is 0 Å². The highest BCUT2D eigenvalue weighted by Gasteiger charge is 2.17. The fourth-order valence-electron chi connectivity index (χ4n) is 2.10. The molecule has 3 nitrogen and oxygen atoms in total. The number of ketones is 1. The normalized spacial score (nSPS) is 10.8. The number of hydrogen-bond donors (Lipinski definition) is 2. The van der Waals surface area contributed by atoms with E-state index in [1.54, 1.807) is 24.3 Å². The molecule has 1 aromatic heterocycles. The number of halogens is 1. The number of nitrogen functional groups attached to an aromatic ring is 1. The van der Waals surface area contributed by atoms with E-state index >= 15 is 0 Å².